The maximum absolute atomic E-state index is 12.3. The largest absolute Gasteiger partial charge is 0.503 e. The summed E-state index contributed by atoms with van der Waals surface area (Å²) in [6, 6.07) is 5.46. The van der Waals surface area contributed by atoms with Gasteiger partial charge in [0, 0.05) is 13.1 Å². The number of hydrogen-bond acceptors (Lipinski definition) is 3. The molecule has 2 rings (SSSR count). The lowest BCUT2D eigenvalue weighted by Gasteiger charge is -2.16. The molecule has 0 unspecified atom stereocenters. The fraction of sp³-hybridized carbons (Fsp3) is 0.524. The van der Waals surface area contributed by atoms with E-state index < -0.39 is 11.7 Å². The highest BCUT2D eigenvalue weighted by atomic mass is 35.5. The number of halogens is 2. The quantitative estimate of drug-likeness (QED) is 0.540. The maximum atomic E-state index is 12.3. The molecule has 1 aliphatic heterocycles. The summed E-state index contributed by atoms with van der Waals surface area (Å²) in [5.41, 5.74) is 1.19. The molecule has 1 aromatic carbocycles. The van der Waals surface area contributed by atoms with E-state index in [2.05, 4.69) is 19.2 Å². The number of hydrogen-bond donors (Lipinski definition) is 2. The Morgan fingerprint density at radius 1 is 1.21 bits per heavy atom. The average Bonchev–Trinajstić information content (AvgIpc) is 2.93. The zero-order valence-electron chi connectivity index (χ0n) is 16.4. The van der Waals surface area contributed by atoms with Gasteiger partial charge in [0.15, 0.2) is 5.76 Å². The van der Waals surface area contributed by atoms with Crippen molar-refractivity contribution in [2.75, 3.05) is 19.6 Å². The van der Waals surface area contributed by atoms with Crippen molar-refractivity contribution in [2.24, 2.45) is 5.92 Å². The van der Waals surface area contributed by atoms with Gasteiger partial charge in [0.2, 0.25) is 0 Å². The van der Waals surface area contributed by atoms with Gasteiger partial charge in [-0.1, -0.05) is 56.0 Å². The van der Waals surface area contributed by atoms with E-state index in [1.807, 2.05) is 12.1 Å². The number of benzene rings is 1. The molecule has 0 bridgehead atoms. The third-order valence-corrected chi connectivity index (χ3v) is 5.51. The number of nitrogens with zero attached hydrogens (tertiary/aromatic N) is 1. The molecule has 2 N–H and O–H groups in total. The van der Waals surface area contributed by atoms with Crippen LogP contribution in [-0.2, 0) is 16.0 Å². The second-order valence-electron chi connectivity index (χ2n) is 7.55. The van der Waals surface area contributed by atoms with Gasteiger partial charge in [-0.3, -0.25) is 9.59 Å². The first-order valence-corrected chi connectivity index (χ1v) is 10.5. The van der Waals surface area contributed by atoms with Gasteiger partial charge in [-0.05, 0) is 42.9 Å². The van der Waals surface area contributed by atoms with Gasteiger partial charge in [-0.15, -0.1) is 0 Å². The van der Waals surface area contributed by atoms with Crippen molar-refractivity contribution in [3.8, 4) is 0 Å². The van der Waals surface area contributed by atoms with Gasteiger partial charge in [0.05, 0.1) is 22.2 Å². The van der Waals surface area contributed by atoms with Gasteiger partial charge in [0.25, 0.3) is 11.8 Å². The molecular weight excluding hydrogens is 399 g/mol. The number of carbonyl (C=O) groups is 2. The van der Waals surface area contributed by atoms with Crippen molar-refractivity contribution in [1.82, 2.24) is 10.2 Å². The molecule has 28 heavy (non-hydrogen) atoms. The van der Waals surface area contributed by atoms with Gasteiger partial charge in [-0.2, -0.15) is 0 Å². The number of rotatable bonds is 10. The maximum Gasteiger partial charge on any atom is 0.289 e. The van der Waals surface area contributed by atoms with Crippen LogP contribution in [0.5, 0.6) is 0 Å². The van der Waals surface area contributed by atoms with Gasteiger partial charge >= 0.3 is 0 Å². The summed E-state index contributed by atoms with van der Waals surface area (Å²) in [5.74, 6) is -0.632. The van der Waals surface area contributed by atoms with Crippen LogP contribution >= 0.6 is 23.2 Å². The smallest absolute Gasteiger partial charge is 0.289 e. The molecule has 0 aromatic heterocycles. The first-order valence-electron chi connectivity index (χ1n) is 9.73. The van der Waals surface area contributed by atoms with Gasteiger partial charge < -0.3 is 15.3 Å². The minimum absolute atomic E-state index is 0.156. The van der Waals surface area contributed by atoms with Crippen LogP contribution in [0.25, 0.3) is 0 Å². The lowest BCUT2D eigenvalue weighted by molar-refractivity contribution is -0.127. The lowest BCUT2D eigenvalue weighted by atomic mass is 10.1. The molecule has 0 spiro atoms. The Bertz CT molecular complexity index is 747. The normalized spacial score (nSPS) is 14.3. The number of aryl methyl sites for hydroxylation is 1. The SMILES string of the molecule is CC(C)CCCCN1CC(C(=O)NCCCc2ccc(Cl)c(Cl)c2)=C(O)C1=O. The van der Waals surface area contributed by atoms with E-state index in [0.717, 1.165) is 31.2 Å². The van der Waals surface area contributed by atoms with Crippen LogP contribution in [0.3, 0.4) is 0 Å². The van der Waals surface area contributed by atoms with E-state index >= 15 is 0 Å². The molecule has 1 aromatic rings. The average molecular weight is 427 g/mol. The highest BCUT2D eigenvalue weighted by Gasteiger charge is 2.33. The highest BCUT2D eigenvalue weighted by molar-refractivity contribution is 6.42. The van der Waals surface area contributed by atoms with Crippen LogP contribution in [-0.4, -0.2) is 41.5 Å². The fourth-order valence-electron chi connectivity index (χ4n) is 3.13. The molecule has 2 amide bonds. The summed E-state index contributed by atoms with van der Waals surface area (Å²) in [6.45, 7) is 5.50. The molecule has 0 fully saturated rings. The van der Waals surface area contributed by atoms with E-state index in [9.17, 15) is 14.7 Å². The number of unbranched alkanes of at least 4 members (excludes halogenated alkanes) is 1. The molecule has 7 heteroatoms. The number of amides is 2. The molecule has 154 valence electrons. The van der Waals surface area contributed by atoms with Crippen molar-refractivity contribution >= 4 is 35.0 Å². The monoisotopic (exact) mass is 426 g/mol. The lowest BCUT2D eigenvalue weighted by Crippen LogP contribution is -2.31. The van der Waals surface area contributed by atoms with Gasteiger partial charge in [0.1, 0.15) is 0 Å². The van der Waals surface area contributed by atoms with Crippen LogP contribution in [0.1, 0.15) is 45.1 Å². The standard InChI is InChI=1S/C21H28Cl2N2O3/c1-14(2)6-3-4-11-25-13-16(19(26)21(25)28)20(27)24-10-5-7-15-8-9-17(22)18(23)12-15/h8-9,12,14,26H,3-7,10-11,13H2,1-2H3,(H,24,27). The van der Waals surface area contributed by atoms with Crippen molar-refractivity contribution in [3.63, 3.8) is 0 Å². The summed E-state index contributed by atoms with van der Waals surface area (Å²) in [7, 11) is 0. The van der Waals surface area contributed by atoms with Crippen LogP contribution in [0, 0.1) is 5.92 Å². The molecule has 1 heterocycles. The first kappa shape index (κ1) is 22.6. The van der Waals surface area contributed by atoms with Crippen molar-refractivity contribution < 1.29 is 14.7 Å². The Morgan fingerprint density at radius 3 is 2.64 bits per heavy atom. The highest BCUT2D eigenvalue weighted by Crippen LogP contribution is 2.23. The minimum Gasteiger partial charge on any atom is -0.503 e. The Balaban J connectivity index is 1.75. The van der Waals surface area contributed by atoms with Crippen LogP contribution in [0.4, 0.5) is 0 Å². The Hall–Kier alpha value is -1.72. The molecule has 5 nitrogen and oxygen atoms in total. The molecule has 1 aliphatic rings. The summed E-state index contributed by atoms with van der Waals surface area (Å²) in [6.07, 6.45) is 4.45. The zero-order valence-corrected chi connectivity index (χ0v) is 17.9. The van der Waals surface area contributed by atoms with Crippen molar-refractivity contribution in [1.29, 1.82) is 0 Å². The van der Waals surface area contributed by atoms with E-state index in [0.29, 0.717) is 35.5 Å². The third kappa shape index (κ3) is 6.42. The van der Waals surface area contributed by atoms with E-state index in [1.54, 1.807) is 11.0 Å². The van der Waals surface area contributed by atoms with Crippen LogP contribution < -0.4 is 5.32 Å². The Morgan fingerprint density at radius 2 is 1.96 bits per heavy atom. The van der Waals surface area contributed by atoms with Gasteiger partial charge in [-0.25, -0.2) is 0 Å². The Kier molecular flexibility index (Phi) is 8.64. The number of carbonyl (C=O) groups excluding carboxylic acids is 2. The van der Waals surface area contributed by atoms with Crippen molar-refractivity contribution in [2.45, 2.75) is 46.0 Å². The van der Waals surface area contributed by atoms with E-state index in [-0.39, 0.29) is 18.0 Å². The van der Waals surface area contributed by atoms with E-state index in [4.69, 9.17) is 23.2 Å². The third-order valence-electron chi connectivity index (χ3n) is 4.77. The fourth-order valence-corrected chi connectivity index (χ4v) is 3.45. The molecular formula is C21H28Cl2N2O3. The van der Waals surface area contributed by atoms with E-state index in [1.165, 1.54) is 0 Å². The predicted octanol–water partition coefficient (Wildman–Crippen LogP) is 4.52. The summed E-state index contributed by atoms with van der Waals surface area (Å²) in [5, 5.41) is 13.8. The minimum atomic E-state index is -0.453. The number of nitrogens with one attached hydrogen (secondary N) is 1. The van der Waals surface area contributed by atoms with Crippen molar-refractivity contribution in [3.05, 3.63) is 45.1 Å². The molecule has 0 saturated carbocycles. The number of aliphatic hydroxyl groups is 1. The second kappa shape index (κ2) is 10.7. The van der Waals surface area contributed by atoms with Crippen LogP contribution in [0.15, 0.2) is 29.5 Å². The first-order chi connectivity index (χ1) is 13.3. The summed E-state index contributed by atoms with van der Waals surface area (Å²) < 4.78 is 0. The summed E-state index contributed by atoms with van der Waals surface area (Å²) >= 11 is 11.9. The summed E-state index contributed by atoms with van der Waals surface area (Å²) in [4.78, 5) is 26.0. The topological polar surface area (TPSA) is 69.6 Å². The molecule has 0 saturated heterocycles. The second-order valence-corrected chi connectivity index (χ2v) is 8.37. The van der Waals surface area contributed by atoms with Crippen LogP contribution in [0.2, 0.25) is 10.0 Å². The predicted molar refractivity (Wildman–Crippen MR) is 113 cm³/mol. The number of aliphatic hydroxyl groups excluding tert-OH is 1. The molecule has 0 atom stereocenters. The Labute approximate surface area is 176 Å². The molecule has 0 radical (unpaired) electrons. The molecule has 0 aliphatic carbocycles. The zero-order chi connectivity index (χ0) is 20.7.